The monoisotopic (exact) mass is 287 g/mol. The molecule has 1 saturated heterocycles. The Balaban J connectivity index is 1.76. The fraction of sp³-hybridized carbons (Fsp3) is 0.429. The number of hydrogen-bond donors (Lipinski definition) is 0. The van der Waals surface area contributed by atoms with Crippen molar-refractivity contribution in [3.8, 4) is 5.69 Å². The van der Waals surface area contributed by atoms with E-state index in [1.54, 1.807) is 16.8 Å². The van der Waals surface area contributed by atoms with Crippen molar-refractivity contribution in [2.24, 2.45) is 0 Å². The summed E-state index contributed by atoms with van der Waals surface area (Å²) in [4.78, 5) is 14.4. The Morgan fingerprint density at radius 3 is 2.43 bits per heavy atom. The lowest BCUT2D eigenvalue weighted by atomic mass is 10.1. The van der Waals surface area contributed by atoms with Crippen molar-refractivity contribution in [1.82, 2.24) is 25.1 Å². The van der Waals surface area contributed by atoms with E-state index in [9.17, 15) is 4.79 Å². The summed E-state index contributed by atoms with van der Waals surface area (Å²) >= 11 is 0. The second-order valence-corrected chi connectivity index (χ2v) is 5.27. The molecule has 1 fully saturated rings. The highest BCUT2D eigenvalue weighted by molar-refractivity contribution is 5.94. The number of rotatable bonds is 2. The number of aromatic nitrogens is 4. The van der Waals surface area contributed by atoms with Crippen molar-refractivity contribution in [2.45, 2.75) is 26.1 Å². The van der Waals surface area contributed by atoms with Crippen LogP contribution >= 0.6 is 0 Å². The largest absolute Gasteiger partial charge is 0.372 e. The topological polar surface area (TPSA) is 73.1 Å². The first-order valence-electron chi connectivity index (χ1n) is 6.91. The zero-order valence-corrected chi connectivity index (χ0v) is 12.0. The van der Waals surface area contributed by atoms with Crippen LogP contribution in [-0.2, 0) is 4.74 Å². The normalized spacial score (nSPS) is 22.3. The Hall–Kier alpha value is -2.28. The molecule has 7 nitrogen and oxygen atoms in total. The van der Waals surface area contributed by atoms with Crippen molar-refractivity contribution in [3.63, 3.8) is 0 Å². The predicted octanol–water partition coefficient (Wildman–Crippen LogP) is 0.912. The predicted molar refractivity (Wildman–Crippen MR) is 75.1 cm³/mol. The number of tetrazole rings is 1. The van der Waals surface area contributed by atoms with Gasteiger partial charge in [0, 0.05) is 18.7 Å². The second-order valence-electron chi connectivity index (χ2n) is 5.27. The fourth-order valence-electron chi connectivity index (χ4n) is 2.56. The number of nitrogens with zero attached hydrogens (tertiary/aromatic N) is 5. The molecule has 3 rings (SSSR count). The van der Waals surface area contributed by atoms with Crippen LogP contribution in [-0.4, -0.2) is 56.3 Å². The third-order valence-corrected chi connectivity index (χ3v) is 3.43. The van der Waals surface area contributed by atoms with Crippen molar-refractivity contribution in [1.29, 1.82) is 0 Å². The number of morpholine rings is 1. The molecule has 1 amide bonds. The Morgan fingerprint density at radius 2 is 1.86 bits per heavy atom. The van der Waals surface area contributed by atoms with Gasteiger partial charge in [-0.1, -0.05) is 0 Å². The van der Waals surface area contributed by atoms with Gasteiger partial charge in [-0.15, -0.1) is 5.10 Å². The van der Waals surface area contributed by atoms with Gasteiger partial charge in [0.15, 0.2) is 0 Å². The highest BCUT2D eigenvalue weighted by Gasteiger charge is 2.26. The molecule has 2 unspecified atom stereocenters. The molecule has 0 aliphatic carbocycles. The highest BCUT2D eigenvalue weighted by Crippen LogP contribution is 2.15. The van der Waals surface area contributed by atoms with Crippen molar-refractivity contribution in [2.75, 3.05) is 13.1 Å². The average molecular weight is 287 g/mol. The maximum atomic E-state index is 12.5. The summed E-state index contributed by atoms with van der Waals surface area (Å²) < 4.78 is 7.20. The summed E-state index contributed by atoms with van der Waals surface area (Å²) in [6.45, 7) is 5.21. The fourth-order valence-corrected chi connectivity index (χ4v) is 2.56. The van der Waals surface area contributed by atoms with Crippen LogP contribution in [0, 0.1) is 0 Å². The average Bonchev–Trinajstić information content (AvgIpc) is 3.00. The van der Waals surface area contributed by atoms with Gasteiger partial charge in [0.25, 0.3) is 5.91 Å². The standard InChI is InChI=1S/C14H17N5O2/c1-10-7-18(8-11(2)21-10)14(20)12-3-5-13(6-4-12)19-9-15-16-17-19/h3-6,9-11H,7-8H2,1-2H3. The number of amides is 1. The van der Waals surface area contributed by atoms with Crippen LogP contribution in [0.15, 0.2) is 30.6 Å². The van der Waals surface area contributed by atoms with Gasteiger partial charge >= 0.3 is 0 Å². The van der Waals surface area contributed by atoms with Crippen LogP contribution in [0.4, 0.5) is 0 Å². The lowest BCUT2D eigenvalue weighted by Gasteiger charge is -2.35. The van der Waals surface area contributed by atoms with E-state index in [2.05, 4.69) is 15.5 Å². The van der Waals surface area contributed by atoms with Gasteiger partial charge in [-0.05, 0) is 48.5 Å². The van der Waals surface area contributed by atoms with Gasteiger partial charge in [0.2, 0.25) is 0 Å². The summed E-state index contributed by atoms with van der Waals surface area (Å²) in [5.41, 5.74) is 1.48. The Bertz CT molecular complexity index is 601. The summed E-state index contributed by atoms with van der Waals surface area (Å²) in [7, 11) is 0. The lowest BCUT2D eigenvalue weighted by molar-refractivity contribution is -0.0586. The van der Waals surface area contributed by atoms with E-state index < -0.39 is 0 Å². The molecule has 1 aliphatic heterocycles. The molecule has 21 heavy (non-hydrogen) atoms. The third kappa shape index (κ3) is 2.92. The van der Waals surface area contributed by atoms with E-state index in [0.717, 1.165) is 5.69 Å². The van der Waals surface area contributed by atoms with E-state index in [0.29, 0.717) is 18.7 Å². The maximum Gasteiger partial charge on any atom is 0.254 e. The molecule has 0 radical (unpaired) electrons. The van der Waals surface area contributed by atoms with Crippen molar-refractivity contribution < 1.29 is 9.53 Å². The van der Waals surface area contributed by atoms with Crippen LogP contribution in [0.3, 0.4) is 0 Å². The lowest BCUT2D eigenvalue weighted by Crippen LogP contribution is -2.48. The summed E-state index contributed by atoms with van der Waals surface area (Å²) in [6, 6.07) is 7.25. The minimum absolute atomic E-state index is 0.0280. The van der Waals surface area contributed by atoms with Gasteiger partial charge < -0.3 is 9.64 Å². The zero-order chi connectivity index (χ0) is 14.8. The molecule has 1 aromatic carbocycles. The van der Waals surface area contributed by atoms with Gasteiger partial charge in [-0.3, -0.25) is 4.79 Å². The SMILES string of the molecule is CC1CN(C(=O)c2ccc(-n3cnnn3)cc2)CC(C)O1. The molecule has 110 valence electrons. The molecule has 0 N–H and O–H groups in total. The molecule has 0 bridgehead atoms. The molecule has 2 heterocycles. The minimum atomic E-state index is 0.0280. The van der Waals surface area contributed by atoms with Crippen LogP contribution < -0.4 is 0 Å². The van der Waals surface area contributed by atoms with Gasteiger partial charge in [-0.2, -0.15) is 0 Å². The molecule has 1 aromatic heterocycles. The molecule has 1 aliphatic rings. The first-order chi connectivity index (χ1) is 10.1. The van der Waals surface area contributed by atoms with Crippen LogP contribution in [0.5, 0.6) is 0 Å². The van der Waals surface area contributed by atoms with Crippen LogP contribution in [0.1, 0.15) is 24.2 Å². The molecule has 0 saturated carbocycles. The highest BCUT2D eigenvalue weighted by atomic mass is 16.5. The number of carbonyl (C=O) groups is 1. The summed E-state index contributed by atoms with van der Waals surface area (Å²) in [5, 5.41) is 11.0. The smallest absolute Gasteiger partial charge is 0.254 e. The first-order valence-corrected chi connectivity index (χ1v) is 6.91. The Morgan fingerprint density at radius 1 is 1.19 bits per heavy atom. The first kappa shape index (κ1) is 13.7. The molecule has 7 heteroatoms. The Kier molecular flexibility index (Phi) is 3.66. The minimum Gasteiger partial charge on any atom is -0.372 e. The molecular weight excluding hydrogens is 270 g/mol. The number of benzene rings is 1. The number of ether oxygens (including phenoxy) is 1. The quantitative estimate of drug-likeness (QED) is 0.821. The van der Waals surface area contributed by atoms with Gasteiger partial charge in [0.05, 0.1) is 17.9 Å². The second kappa shape index (κ2) is 5.61. The van der Waals surface area contributed by atoms with E-state index in [4.69, 9.17) is 4.74 Å². The third-order valence-electron chi connectivity index (χ3n) is 3.43. The summed E-state index contributed by atoms with van der Waals surface area (Å²) in [5.74, 6) is 0.0280. The van der Waals surface area contributed by atoms with Crippen molar-refractivity contribution in [3.05, 3.63) is 36.2 Å². The summed E-state index contributed by atoms with van der Waals surface area (Å²) in [6.07, 6.45) is 1.65. The van der Waals surface area contributed by atoms with E-state index in [-0.39, 0.29) is 18.1 Å². The number of carbonyl (C=O) groups excluding carboxylic acids is 1. The molecule has 2 aromatic rings. The van der Waals surface area contributed by atoms with E-state index in [1.807, 2.05) is 30.9 Å². The van der Waals surface area contributed by atoms with E-state index >= 15 is 0 Å². The van der Waals surface area contributed by atoms with Crippen LogP contribution in [0.2, 0.25) is 0 Å². The zero-order valence-electron chi connectivity index (χ0n) is 12.0. The van der Waals surface area contributed by atoms with E-state index in [1.165, 1.54) is 6.33 Å². The molecular formula is C14H17N5O2. The maximum absolute atomic E-state index is 12.5. The van der Waals surface area contributed by atoms with Gasteiger partial charge in [0.1, 0.15) is 6.33 Å². The molecule has 2 atom stereocenters. The van der Waals surface area contributed by atoms with Crippen molar-refractivity contribution >= 4 is 5.91 Å². The number of hydrogen-bond acceptors (Lipinski definition) is 5. The van der Waals surface area contributed by atoms with Crippen LogP contribution in [0.25, 0.3) is 5.69 Å². The Labute approximate surface area is 122 Å². The molecule has 0 spiro atoms. The van der Waals surface area contributed by atoms with Gasteiger partial charge in [-0.25, -0.2) is 4.68 Å².